The van der Waals surface area contributed by atoms with Crippen LogP contribution in [0.15, 0.2) is 47.8 Å². The zero-order valence-corrected chi connectivity index (χ0v) is 17.0. The highest BCUT2D eigenvalue weighted by atomic mass is 32.1. The fourth-order valence-electron chi connectivity index (χ4n) is 4.62. The topological polar surface area (TPSA) is 27.8 Å². The molecule has 5 rings (SSSR count). The number of aromatic nitrogens is 1. The number of H-pyrrole nitrogens is 1. The molecule has 0 saturated heterocycles. The van der Waals surface area contributed by atoms with Gasteiger partial charge in [0.15, 0.2) is 0 Å². The zero-order valence-electron chi connectivity index (χ0n) is 16.2. The van der Waals surface area contributed by atoms with E-state index >= 15 is 0 Å². The maximum Gasteiger partial charge on any atom is 0.0543 e. The second-order valence-corrected chi connectivity index (χ2v) is 9.05. The van der Waals surface area contributed by atoms with Gasteiger partial charge in [0.05, 0.1) is 6.04 Å². The van der Waals surface area contributed by atoms with Crippen molar-refractivity contribution < 1.29 is 0 Å². The molecule has 0 saturated carbocycles. The van der Waals surface area contributed by atoms with Crippen molar-refractivity contribution in [2.75, 3.05) is 6.54 Å². The van der Waals surface area contributed by atoms with Crippen LogP contribution in [-0.4, -0.2) is 11.5 Å². The molecule has 0 bridgehead atoms. The predicted molar refractivity (Wildman–Crippen MR) is 117 cm³/mol. The Labute approximate surface area is 164 Å². The highest BCUT2D eigenvalue weighted by Crippen LogP contribution is 2.41. The summed E-state index contributed by atoms with van der Waals surface area (Å²) in [7, 11) is 0. The smallest absolute Gasteiger partial charge is 0.0543 e. The van der Waals surface area contributed by atoms with Crippen molar-refractivity contribution in [3.8, 4) is 0 Å². The first-order chi connectivity index (χ1) is 13.1. The van der Waals surface area contributed by atoms with Gasteiger partial charge in [-0.05, 0) is 64.5 Å². The molecule has 0 fully saturated rings. The van der Waals surface area contributed by atoms with Crippen LogP contribution in [0.2, 0.25) is 0 Å². The molecule has 2 unspecified atom stereocenters. The van der Waals surface area contributed by atoms with Gasteiger partial charge in [-0.2, -0.15) is 0 Å². The highest BCUT2D eigenvalue weighted by Gasteiger charge is 2.30. The van der Waals surface area contributed by atoms with Crippen LogP contribution in [0.5, 0.6) is 0 Å². The molecule has 2 atom stereocenters. The van der Waals surface area contributed by atoms with Crippen LogP contribution in [0, 0.1) is 0 Å². The van der Waals surface area contributed by atoms with E-state index < -0.39 is 0 Å². The number of benzene rings is 2. The maximum absolute atomic E-state index is 3.80. The summed E-state index contributed by atoms with van der Waals surface area (Å²) in [6.07, 6.45) is 1.10. The lowest BCUT2D eigenvalue weighted by atomic mass is 9.86. The van der Waals surface area contributed by atoms with Gasteiger partial charge in [-0.3, -0.25) is 0 Å². The van der Waals surface area contributed by atoms with E-state index in [0.29, 0.717) is 17.9 Å². The highest BCUT2D eigenvalue weighted by molar-refractivity contribution is 7.17. The zero-order chi connectivity index (χ0) is 18.5. The molecule has 2 aromatic heterocycles. The molecule has 4 aromatic rings. The van der Waals surface area contributed by atoms with Crippen LogP contribution in [-0.2, 0) is 6.42 Å². The molecule has 0 radical (unpaired) electrons. The van der Waals surface area contributed by atoms with Gasteiger partial charge < -0.3 is 10.3 Å². The van der Waals surface area contributed by atoms with E-state index in [1.54, 1.807) is 0 Å². The van der Waals surface area contributed by atoms with Gasteiger partial charge in [0, 0.05) is 27.2 Å². The van der Waals surface area contributed by atoms with Gasteiger partial charge in [-0.25, -0.2) is 0 Å². The van der Waals surface area contributed by atoms with E-state index in [1.807, 2.05) is 11.3 Å². The van der Waals surface area contributed by atoms with Crippen LogP contribution < -0.4 is 5.32 Å². The largest absolute Gasteiger partial charge is 0.357 e. The van der Waals surface area contributed by atoms with Crippen LogP contribution in [0.1, 0.15) is 61.0 Å². The first-order valence-electron chi connectivity index (χ1n) is 9.97. The third-order valence-electron chi connectivity index (χ3n) is 6.18. The molecule has 2 N–H and O–H groups in total. The monoisotopic (exact) mass is 374 g/mol. The number of thiophene rings is 1. The molecule has 0 spiro atoms. The van der Waals surface area contributed by atoms with Crippen molar-refractivity contribution in [1.29, 1.82) is 0 Å². The third-order valence-corrected chi connectivity index (χ3v) is 7.16. The Morgan fingerprint density at radius 3 is 2.81 bits per heavy atom. The first-order valence-corrected chi connectivity index (χ1v) is 10.9. The summed E-state index contributed by atoms with van der Waals surface area (Å²) in [6.45, 7) is 7.95. The summed E-state index contributed by atoms with van der Waals surface area (Å²) >= 11 is 1.86. The van der Waals surface area contributed by atoms with Crippen LogP contribution in [0.25, 0.3) is 21.0 Å². The molecule has 1 aliphatic rings. The van der Waals surface area contributed by atoms with Crippen molar-refractivity contribution in [1.82, 2.24) is 10.3 Å². The number of hydrogen-bond acceptors (Lipinski definition) is 2. The lowest BCUT2D eigenvalue weighted by Crippen LogP contribution is -2.33. The first kappa shape index (κ1) is 17.0. The lowest BCUT2D eigenvalue weighted by Gasteiger charge is -2.30. The van der Waals surface area contributed by atoms with Gasteiger partial charge >= 0.3 is 0 Å². The van der Waals surface area contributed by atoms with Gasteiger partial charge in [0.1, 0.15) is 0 Å². The van der Waals surface area contributed by atoms with Crippen LogP contribution in [0.4, 0.5) is 0 Å². The van der Waals surface area contributed by atoms with Crippen molar-refractivity contribution >= 4 is 32.3 Å². The van der Waals surface area contributed by atoms with E-state index in [0.717, 1.165) is 13.0 Å². The average molecular weight is 375 g/mol. The summed E-state index contributed by atoms with van der Waals surface area (Å²) in [5.74, 6) is 0.983. The molecule has 0 amide bonds. The van der Waals surface area contributed by atoms with Crippen molar-refractivity contribution in [2.45, 2.75) is 45.1 Å². The van der Waals surface area contributed by atoms with E-state index in [4.69, 9.17) is 0 Å². The molecule has 3 heteroatoms. The van der Waals surface area contributed by atoms with E-state index in [-0.39, 0.29) is 0 Å². The molecular weight excluding hydrogens is 348 g/mol. The summed E-state index contributed by atoms with van der Waals surface area (Å²) in [4.78, 5) is 3.77. The standard InChI is InChI=1S/C24H26N2S/c1-14(2)17-7-8-21-20(13-17)19-9-11-25-22(23(19)26-21)15(3)18-6-4-5-16-10-12-27-24(16)18/h4-8,10,12-15,22,25-26H,9,11H2,1-3H3. The number of hydrogen-bond donors (Lipinski definition) is 2. The van der Waals surface area contributed by atoms with Crippen molar-refractivity contribution in [3.63, 3.8) is 0 Å². The molecule has 138 valence electrons. The number of rotatable bonds is 3. The Morgan fingerprint density at radius 2 is 1.96 bits per heavy atom. The fourth-order valence-corrected chi connectivity index (χ4v) is 5.63. The maximum atomic E-state index is 3.80. The summed E-state index contributed by atoms with van der Waals surface area (Å²) in [6, 6.07) is 16.2. The molecule has 27 heavy (non-hydrogen) atoms. The molecular formula is C24H26N2S. The van der Waals surface area contributed by atoms with Crippen LogP contribution >= 0.6 is 11.3 Å². The predicted octanol–water partition coefficient (Wildman–Crippen LogP) is 6.50. The van der Waals surface area contributed by atoms with Gasteiger partial charge in [-0.1, -0.05) is 45.0 Å². The van der Waals surface area contributed by atoms with Crippen molar-refractivity contribution in [2.24, 2.45) is 0 Å². The summed E-state index contributed by atoms with van der Waals surface area (Å²) < 4.78 is 1.43. The Bertz CT molecular complexity index is 1120. The molecule has 0 aliphatic carbocycles. The van der Waals surface area contributed by atoms with Gasteiger partial charge in [0.2, 0.25) is 0 Å². The lowest BCUT2D eigenvalue weighted by molar-refractivity contribution is 0.440. The minimum absolute atomic E-state index is 0.330. The Balaban J connectivity index is 1.62. The second-order valence-electron chi connectivity index (χ2n) is 8.13. The number of aromatic amines is 1. The quantitative estimate of drug-likeness (QED) is 0.421. The van der Waals surface area contributed by atoms with E-state index in [2.05, 4.69) is 78.9 Å². The number of nitrogens with one attached hydrogen (secondary N) is 2. The fraction of sp³-hybridized carbons (Fsp3) is 0.333. The Morgan fingerprint density at radius 1 is 1.07 bits per heavy atom. The molecule has 2 aromatic carbocycles. The minimum atomic E-state index is 0.330. The van der Waals surface area contributed by atoms with E-state index in [9.17, 15) is 0 Å². The third kappa shape index (κ3) is 2.72. The summed E-state index contributed by atoms with van der Waals surface area (Å²) in [5, 5.41) is 8.79. The normalized spacial score (nSPS) is 18.3. The average Bonchev–Trinajstić information content (AvgIpc) is 3.30. The van der Waals surface area contributed by atoms with E-state index in [1.165, 1.54) is 43.4 Å². The number of fused-ring (bicyclic) bond motifs is 4. The Kier molecular flexibility index (Phi) is 4.10. The van der Waals surface area contributed by atoms with Gasteiger partial charge in [-0.15, -0.1) is 11.3 Å². The molecule has 2 nitrogen and oxygen atoms in total. The summed E-state index contributed by atoms with van der Waals surface area (Å²) in [5.41, 5.74) is 7.06. The SMILES string of the molecule is CC(C)c1ccc2[nH]c3c(c2c1)CCNC3C(C)c1cccc2ccsc12. The van der Waals surface area contributed by atoms with Gasteiger partial charge in [0.25, 0.3) is 0 Å². The molecule has 1 aliphatic heterocycles. The Hall–Kier alpha value is -2.10. The van der Waals surface area contributed by atoms with Crippen LogP contribution in [0.3, 0.4) is 0 Å². The molecule has 3 heterocycles. The second kappa shape index (κ2) is 6.50. The van der Waals surface area contributed by atoms with Crippen molar-refractivity contribution in [3.05, 3.63) is 70.2 Å². The minimum Gasteiger partial charge on any atom is -0.357 e.